The number of ether oxygens (including phenoxy) is 2. The minimum Gasteiger partial charge on any atom is -0.490 e. The van der Waals surface area contributed by atoms with Gasteiger partial charge in [-0.3, -0.25) is 0 Å². The zero-order valence-electron chi connectivity index (χ0n) is 13.8. The zero-order chi connectivity index (χ0) is 17.1. The van der Waals surface area contributed by atoms with Crippen LogP contribution in [0.3, 0.4) is 0 Å². The summed E-state index contributed by atoms with van der Waals surface area (Å²) in [6.45, 7) is 3.43. The molecule has 128 valence electrons. The van der Waals surface area contributed by atoms with Crippen molar-refractivity contribution in [1.82, 2.24) is 10.1 Å². The Morgan fingerprint density at radius 1 is 1.00 bits per heavy atom. The number of fused-ring (bicyclic) bond motifs is 1. The highest BCUT2D eigenvalue weighted by Crippen LogP contribution is 2.39. The summed E-state index contributed by atoms with van der Waals surface area (Å²) in [4.78, 5) is 5.60. The highest BCUT2D eigenvalue weighted by atomic mass is 32.2. The van der Waals surface area contributed by atoms with Crippen molar-refractivity contribution >= 4 is 11.8 Å². The smallest absolute Gasteiger partial charge is 0.240 e. The van der Waals surface area contributed by atoms with Crippen molar-refractivity contribution in [2.45, 2.75) is 23.5 Å². The second kappa shape index (κ2) is 7.19. The van der Waals surface area contributed by atoms with Crippen LogP contribution in [0.15, 0.2) is 57.9 Å². The lowest BCUT2D eigenvalue weighted by Crippen LogP contribution is -1.97. The molecule has 0 radical (unpaired) electrons. The largest absolute Gasteiger partial charge is 0.490 e. The van der Waals surface area contributed by atoms with E-state index in [1.165, 1.54) is 0 Å². The third-order valence-corrected chi connectivity index (χ3v) is 4.93. The molecule has 6 heteroatoms. The number of hydrogen-bond donors (Lipinski definition) is 0. The van der Waals surface area contributed by atoms with Gasteiger partial charge in [-0.25, -0.2) is 0 Å². The van der Waals surface area contributed by atoms with Gasteiger partial charge in [0.15, 0.2) is 11.5 Å². The van der Waals surface area contributed by atoms with E-state index >= 15 is 0 Å². The van der Waals surface area contributed by atoms with Crippen LogP contribution in [0.1, 0.15) is 24.5 Å². The van der Waals surface area contributed by atoms with Crippen molar-refractivity contribution in [3.8, 4) is 22.9 Å². The number of thioether (sulfide) groups is 1. The highest BCUT2D eigenvalue weighted by molar-refractivity contribution is 7.99. The van der Waals surface area contributed by atoms with Gasteiger partial charge in [0.05, 0.1) is 18.5 Å². The molecule has 1 unspecified atom stereocenters. The Hall–Kier alpha value is -2.47. The molecule has 25 heavy (non-hydrogen) atoms. The quantitative estimate of drug-likeness (QED) is 0.630. The topological polar surface area (TPSA) is 57.4 Å². The van der Waals surface area contributed by atoms with Crippen LogP contribution in [-0.2, 0) is 0 Å². The summed E-state index contributed by atoms with van der Waals surface area (Å²) in [5, 5.41) is 4.12. The summed E-state index contributed by atoms with van der Waals surface area (Å²) in [5.41, 5.74) is 0.949. The molecule has 2 aromatic carbocycles. The van der Waals surface area contributed by atoms with Gasteiger partial charge in [0.1, 0.15) is 0 Å². The molecule has 0 saturated heterocycles. The zero-order valence-corrected chi connectivity index (χ0v) is 14.7. The molecule has 1 aromatic heterocycles. The molecule has 0 N–H and O–H groups in total. The predicted octanol–water partition coefficient (Wildman–Crippen LogP) is 4.75. The maximum Gasteiger partial charge on any atom is 0.240 e. The summed E-state index contributed by atoms with van der Waals surface area (Å²) in [5.74, 6) is 2.82. The molecular formula is C19H18N2O3S. The molecule has 0 aliphatic carbocycles. The lowest BCUT2D eigenvalue weighted by atomic mass is 10.2. The maximum atomic E-state index is 5.75. The van der Waals surface area contributed by atoms with Gasteiger partial charge in [0, 0.05) is 16.9 Å². The van der Waals surface area contributed by atoms with Crippen molar-refractivity contribution in [3.05, 3.63) is 54.4 Å². The van der Waals surface area contributed by atoms with Crippen molar-refractivity contribution < 1.29 is 14.0 Å². The Morgan fingerprint density at radius 3 is 2.64 bits per heavy atom. The highest BCUT2D eigenvalue weighted by Gasteiger charge is 2.18. The van der Waals surface area contributed by atoms with E-state index in [4.69, 9.17) is 14.0 Å². The molecule has 0 bridgehead atoms. The molecule has 4 rings (SSSR count). The van der Waals surface area contributed by atoms with Gasteiger partial charge in [-0.15, -0.1) is 11.8 Å². The van der Waals surface area contributed by atoms with Crippen LogP contribution < -0.4 is 9.47 Å². The van der Waals surface area contributed by atoms with Gasteiger partial charge < -0.3 is 14.0 Å². The number of hydrogen-bond acceptors (Lipinski definition) is 6. The minimum absolute atomic E-state index is 0.0368. The molecule has 0 spiro atoms. The fourth-order valence-electron chi connectivity index (χ4n) is 2.58. The van der Waals surface area contributed by atoms with E-state index in [1.54, 1.807) is 11.8 Å². The molecule has 5 nitrogen and oxygen atoms in total. The number of benzene rings is 2. The first kappa shape index (κ1) is 16.0. The Morgan fingerprint density at radius 2 is 1.80 bits per heavy atom. The molecule has 3 aromatic rings. The predicted molar refractivity (Wildman–Crippen MR) is 96.1 cm³/mol. The molecular weight excluding hydrogens is 336 g/mol. The van der Waals surface area contributed by atoms with Crippen LogP contribution in [-0.4, -0.2) is 23.4 Å². The van der Waals surface area contributed by atoms with Crippen LogP contribution in [0, 0.1) is 0 Å². The minimum atomic E-state index is 0.0368. The van der Waals surface area contributed by atoms with E-state index in [-0.39, 0.29) is 5.25 Å². The monoisotopic (exact) mass is 354 g/mol. The molecule has 0 fully saturated rings. The van der Waals surface area contributed by atoms with Crippen molar-refractivity contribution in [2.75, 3.05) is 13.2 Å². The van der Waals surface area contributed by atoms with E-state index < -0.39 is 0 Å². The normalized spacial score (nSPS) is 14.8. The standard InChI is InChI=1S/C19H18N2O3S/c1-13(19-20-18(21-24-19)14-6-3-2-4-7-14)25-15-8-9-16-17(12-15)23-11-5-10-22-16/h2-4,6-9,12-13H,5,10-11H2,1H3. The Kier molecular flexibility index (Phi) is 4.61. The van der Waals surface area contributed by atoms with E-state index in [0.29, 0.717) is 24.9 Å². The molecule has 1 aliphatic rings. The molecule has 1 atom stereocenters. The van der Waals surface area contributed by atoms with E-state index in [1.807, 2.05) is 48.5 Å². The Bertz CT molecular complexity index is 851. The lowest BCUT2D eigenvalue weighted by Gasteiger charge is -2.10. The van der Waals surface area contributed by atoms with Crippen molar-refractivity contribution in [1.29, 1.82) is 0 Å². The van der Waals surface area contributed by atoms with Crippen molar-refractivity contribution in [3.63, 3.8) is 0 Å². The van der Waals surface area contributed by atoms with Crippen LogP contribution in [0.4, 0.5) is 0 Å². The van der Waals surface area contributed by atoms with E-state index in [9.17, 15) is 0 Å². The van der Waals surface area contributed by atoms with Gasteiger partial charge in [-0.1, -0.05) is 35.5 Å². The molecule has 1 aliphatic heterocycles. The van der Waals surface area contributed by atoms with Gasteiger partial charge in [-0.05, 0) is 25.1 Å². The SMILES string of the molecule is CC(Sc1ccc2c(c1)OCCCO2)c1nc(-c2ccccc2)no1. The van der Waals surface area contributed by atoms with Gasteiger partial charge in [0.25, 0.3) is 0 Å². The van der Waals surface area contributed by atoms with Crippen LogP contribution in [0.25, 0.3) is 11.4 Å². The third-order valence-electron chi connectivity index (χ3n) is 3.85. The second-order valence-electron chi connectivity index (χ2n) is 5.74. The third kappa shape index (κ3) is 3.64. The summed E-state index contributed by atoms with van der Waals surface area (Å²) in [6, 6.07) is 15.8. The first-order chi connectivity index (χ1) is 12.3. The summed E-state index contributed by atoms with van der Waals surface area (Å²) in [7, 11) is 0. The molecule has 0 amide bonds. The Balaban J connectivity index is 1.50. The average Bonchev–Trinajstić information content (AvgIpc) is 3.03. The first-order valence-electron chi connectivity index (χ1n) is 8.25. The van der Waals surface area contributed by atoms with E-state index in [2.05, 4.69) is 17.1 Å². The second-order valence-corrected chi connectivity index (χ2v) is 7.16. The summed E-state index contributed by atoms with van der Waals surface area (Å²) in [6.07, 6.45) is 0.901. The number of nitrogens with zero attached hydrogens (tertiary/aromatic N) is 2. The van der Waals surface area contributed by atoms with Crippen LogP contribution in [0.5, 0.6) is 11.5 Å². The summed E-state index contributed by atoms with van der Waals surface area (Å²) >= 11 is 1.65. The molecule has 0 saturated carbocycles. The number of rotatable bonds is 4. The van der Waals surface area contributed by atoms with Crippen molar-refractivity contribution in [2.24, 2.45) is 0 Å². The number of aromatic nitrogens is 2. The fraction of sp³-hybridized carbons (Fsp3) is 0.263. The molecule has 2 heterocycles. The van der Waals surface area contributed by atoms with Crippen LogP contribution >= 0.6 is 11.8 Å². The van der Waals surface area contributed by atoms with Gasteiger partial charge in [-0.2, -0.15) is 4.98 Å². The Labute approximate surface area is 150 Å². The van der Waals surface area contributed by atoms with Crippen LogP contribution in [0.2, 0.25) is 0 Å². The summed E-state index contributed by atoms with van der Waals surface area (Å²) < 4.78 is 16.9. The van der Waals surface area contributed by atoms with Gasteiger partial charge in [0.2, 0.25) is 11.7 Å². The first-order valence-corrected chi connectivity index (χ1v) is 9.13. The maximum absolute atomic E-state index is 5.75. The fourth-order valence-corrected chi connectivity index (χ4v) is 3.50. The lowest BCUT2D eigenvalue weighted by molar-refractivity contribution is 0.297. The van der Waals surface area contributed by atoms with Gasteiger partial charge >= 0.3 is 0 Å². The van der Waals surface area contributed by atoms with E-state index in [0.717, 1.165) is 28.4 Å². The average molecular weight is 354 g/mol.